The number of alkyl halides is 3. The fourth-order valence-electron chi connectivity index (χ4n) is 3.92. The van der Waals surface area contributed by atoms with Gasteiger partial charge in [0.1, 0.15) is 5.82 Å². The van der Waals surface area contributed by atoms with Crippen LogP contribution in [0.5, 0.6) is 0 Å². The molecular weight excluding hydrogens is 554 g/mol. The molecule has 204 valence electrons. The highest BCUT2D eigenvalue weighted by Crippen LogP contribution is 2.32. The van der Waals surface area contributed by atoms with E-state index in [4.69, 9.17) is 5.73 Å². The normalized spacial score (nSPS) is 17.2. The van der Waals surface area contributed by atoms with Crippen LogP contribution in [0.25, 0.3) is 0 Å². The van der Waals surface area contributed by atoms with E-state index < -0.39 is 32.5 Å². The third kappa shape index (κ3) is 6.84. The lowest BCUT2D eigenvalue weighted by Crippen LogP contribution is -2.36. The summed E-state index contributed by atoms with van der Waals surface area (Å²) in [5.41, 5.74) is 6.99. The maximum absolute atomic E-state index is 13.7. The zero-order valence-corrected chi connectivity index (χ0v) is 22.1. The van der Waals surface area contributed by atoms with Gasteiger partial charge < -0.3 is 5.73 Å². The average molecular weight is 578 g/mol. The number of sulfonamides is 1. The molecule has 0 amide bonds. The van der Waals surface area contributed by atoms with E-state index in [2.05, 4.69) is 14.5 Å². The quantitative estimate of drug-likeness (QED) is 0.252. The monoisotopic (exact) mass is 577 g/mol. The third-order valence-electron chi connectivity index (χ3n) is 5.86. The maximum atomic E-state index is 13.7. The van der Waals surface area contributed by atoms with Gasteiger partial charge in [-0.25, -0.2) is 9.40 Å². The molecule has 39 heavy (non-hydrogen) atoms. The van der Waals surface area contributed by atoms with Gasteiger partial charge in [-0.3, -0.25) is 0 Å². The van der Waals surface area contributed by atoms with Crippen LogP contribution in [0.3, 0.4) is 0 Å². The van der Waals surface area contributed by atoms with Gasteiger partial charge in [0.25, 0.3) is 16.0 Å². The highest BCUT2D eigenvalue weighted by atomic mass is 32.2. The first kappa shape index (κ1) is 28.3. The van der Waals surface area contributed by atoms with Crippen molar-refractivity contribution in [3.8, 4) is 0 Å². The van der Waals surface area contributed by atoms with Crippen molar-refractivity contribution in [2.24, 2.45) is 20.2 Å². The van der Waals surface area contributed by atoms with E-state index in [-0.39, 0.29) is 23.6 Å². The van der Waals surface area contributed by atoms with Crippen molar-refractivity contribution >= 4 is 38.6 Å². The number of hydrogen-bond acceptors (Lipinski definition) is 4. The summed E-state index contributed by atoms with van der Waals surface area (Å²) in [5, 5.41) is 5.94. The van der Waals surface area contributed by atoms with Gasteiger partial charge in [0.05, 0.1) is 16.2 Å². The van der Waals surface area contributed by atoms with E-state index in [1.54, 1.807) is 18.4 Å². The highest BCUT2D eigenvalue weighted by molar-refractivity contribution is 8.13. The molecule has 13 heteroatoms. The molecule has 0 saturated carbocycles. The Balaban J connectivity index is 1.80. The molecule has 1 heterocycles. The first-order valence-electron chi connectivity index (χ1n) is 11.6. The molecule has 0 aromatic heterocycles. The smallest absolute Gasteiger partial charge is 0.378 e. The Hall–Kier alpha value is -3.71. The molecule has 7 nitrogen and oxygen atoms in total. The molecule has 0 fully saturated rings. The SMILES string of the molecule is CS/C(N)=N/C(=N/S(=O)(=O)c1ccc(C(F)(F)F)cc1)N1CCC(c2ccccc2)C(c2ccc(F)cc2)=N1. The Morgan fingerprint density at radius 2 is 1.67 bits per heavy atom. The molecule has 3 aromatic rings. The number of hydrazone groups is 1. The minimum absolute atomic E-state index is 0.0000781. The summed E-state index contributed by atoms with van der Waals surface area (Å²) in [6, 6.07) is 18.3. The van der Waals surface area contributed by atoms with E-state index in [1.807, 2.05) is 30.3 Å². The molecule has 0 spiro atoms. The Morgan fingerprint density at radius 1 is 1.03 bits per heavy atom. The van der Waals surface area contributed by atoms with Crippen molar-refractivity contribution < 1.29 is 26.0 Å². The molecule has 4 rings (SSSR count). The van der Waals surface area contributed by atoms with Gasteiger partial charge in [-0.2, -0.15) is 31.7 Å². The lowest BCUT2D eigenvalue weighted by atomic mass is 9.86. The molecule has 0 aliphatic carbocycles. The summed E-state index contributed by atoms with van der Waals surface area (Å²) in [7, 11) is -4.49. The molecular formula is C26H23F4N5O2S2. The first-order valence-corrected chi connectivity index (χ1v) is 14.2. The van der Waals surface area contributed by atoms with Crippen molar-refractivity contribution in [2.75, 3.05) is 12.8 Å². The molecule has 1 atom stereocenters. The number of benzene rings is 3. The predicted molar refractivity (Wildman–Crippen MR) is 145 cm³/mol. The lowest BCUT2D eigenvalue weighted by Gasteiger charge is -2.30. The summed E-state index contributed by atoms with van der Waals surface area (Å²) in [4.78, 5) is 3.68. The van der Waals surface area contributed by atoms with Gasteiger partial charge in [0, 0.05) is 12.5 Å². The Kier molecular flexibility index (Phi) is 8.40. The second-order valence-corrected chi connectivity index (χ2v) is 10.8. The number of nitrogens with zero attached hydrogens (tertiary/aromatic N) is 4. The average Bonchev–Trinajstić information content (AvgIpc) is 2.92. The van der Waals surface area contributed by atoms with Crippen LogP contribution in [0.15, 0.2) is 98.2 Å². The van der Waals surface area contributed by atoms with E-state index in [0.717, 1.165) is 29.5 Å². The Bertz CT molecular complexity index is 1510. The molecule has 0 radical (unpaired) electrons. The van der Waals surface area contributed by atoms with Crippen LogP contribution >= 0.6 is 11.8 Å². The topological polar surface area (TPSA) is 100 Å². The van der Waals surface area contributed by atoms with Crippen molar-refractivity contribution in [3.05, 3.63) is 101 Å². The third-order valence-corrected chi connectivity index (χ3v) is 7.64. The minimum Gasteiger partial charge on any atom is -0.378 e. The van der Waals surface area contributed by atoms with Gasteiger partial charge >= 0.3 is 6.18 Å². The first-order chi connectivity index (χ1) is 18.5. The second-order valence-electron chi connectivity index (χ2n) is 8.41. The predicted octanol–water partition coefficient (Wildman–Crippen LogP) is 5.46. The number of aliphatic imine (C=N–C) groups is 1. The van der Waals surface area contributed by atoms with Crippen LogP contribution in [-0.4, -0.2) is 43.1 Å². The van der Waals surface area contributed by atoms with Crippen LogP contribution in [0, 0.1) is 5.82 Å². The molecule has 1 aliphatic rings. The van der Waals surface area contributed by atoms with Crippen LogP contribution in [0.2, 0.25) is 0 Å². The summed E-state index contributed by atoms with van der Waals surface area (Å²) in [6.07, 6.45) is -2.51. The zero-order valence-electron chi connectivity index (χ0n) is 20.5. The molecule has 0 saturated heterocycles. The number of guanidine groups is 1. The van der Waals surface area contributed by atoms with E-state index >= 15 is 0 Å². The standard InChI is InChI=1S/C26H23F4N5O2S2/c1-38-24(31)32-25(34-39(36,37)21-13-9-19(10-14-21)26(28,29)30)35-16-15-22(17-5-3-2-4-6-17)23(33-35)18-7-11-20(27)12-8-18/h2-14,22H,15-16H2,1H3,(H2,31,32,34). The number of hydrogen-bond donors (Lipinski definition) is 1. The van der Waals surface area contributed by atoms with E-state index in [1.165, 1.54) is 17.1 Å². The van der Waals surface area contributed by atoms with Crippen molar-refractivity contribution in [3.63, 3.8) is 0 Å². The van der Waals surface area contributed by atoms with Gasteiger partial charge in [0.2, 0.25) is 0 Å². The molecule has 1 aliphatic heterocycles. The van der Waals surface area contributed by atoms with Crippen molar-refractivity contribution in [1.82, 2.24) is 5.01 Å². The Labute approximate surface area is 227 Å². The van der Waals surface area contributed by atoms with Crippen LogP contribution in [0.4, 0.5) is 17.6 Å². The summed E-state index contributed by atoms with van der Waals surface area (Å²) >= 11 is 1.05. The zero-order chi connectivity index (χ0) is 28.2. The number of thioether (sulfide) groups is 1. The fourth-order valence-corrected chi connectivity index (χ4v) is 5.03. The largest absolute Gasteiger partial charge is 0.416 e. The number of rotatable bonds is 4. The van der Waals surface area contributed by atoms with Gasteiger partial charge in [-0.05, 0) is 60.2 Å². The Morgan fingerprint density at radius 3 is 2.26 bits per heavy atom. The molecule has 1 unspecified atom stereocenters. The molecule has 2 N–H and O–H groups in total. The molecule has 3 aromatic carbocycles. The minimum atomic E-state index is -4.62. The number of halogens is 4. The van der Waals surface area contributed by atoms with Crippen LogP contribution in [0.1, 0.15) is 29.0 Å². The van der Waals surface area contributed by atoms with Crippen LogP contribution in [-0.2, 0) is 16.2 Å². The van der Waals surface area contributed by atoms with Gasteiger partial charge in [-0.15, -0.1) is 4.40 Å². The van der Waals surface area contributed by atoms with Crippen LogP contribution < -0.4 is 5.73 Å². The summed E-state index contributed by atoms with van der Waals surface area (Å²) in [6.45, 7) is 0.205. The van der Waals surface area contributed by atoms with Crippen molar-refractivity contribution in [1.29, 1.82) is 0 Å². The van der Waals surface area contributed by atoms with Crippen molar-refractivity contribution in [2.45, 2.75) is 23.4 Å². The van der Waals surface area contributed by atoms with Gasteiger partial charge in [0.15, 0.2) is 5.17 Å². The molecule has 0 bridgehead atoms. The summed E-state index contributed by atoms with van der Waals surface area (Å²) < 4.78 is 82.5. The number of nitrogens with two attached hydrogens (primary N) is 1. The fraction of sp³-hybridized carbons (Fsp3) is 0.192. The van der Waals surface area contributed by atoms with E-state index in [0.29, 0.717) is 29.8 Å². The van der Waals surface area contributed by atoms with Gasteiger partial charge in [-0.1, -0.05) is 54.2 Å². The highest BCUT2D eigenvalue weighted by Gasteiger charge is 2.32. The lowest BCUT2D eigenvalue weighted by molar-refractivity contribution is -0.137. The number of amidine groups is 1. The second kappa shape index (κ2) is 11.6. The maximum Gasteiger partial charge on any atom is 0.416 e. The summed E-state index contributed by atoms with van der Waals surface area (Å²) in [5.74, 6) is -0.971. The van der Waals surface area contributed by atoms with E-state index in [9.17, 15) is 26.0 Å².